The summed E-state index contributed by atoms with van der Waals surface area (Å²) in [5.41, 5.74) is 0.948. The maximum Gasteiger partial charge on any atom is 0.144 e. The molecule has 1 aliphatic heterocycles. The Hall–Kier alpha value is -0.670. The second-order valence-corrected chi connectivity index (χ2v) is 5.31. The number of rotatable bonds is 4. The molecule has 2 rings (SSSR count). The Morgan fingerprint density at radius 2 is 2.29 bits per heavy atom. The van der Waals surface area contributed by atoms with Crippen LogP contribution in [0.25, 0.3) is 0 Å². The molecule has 1 aliphatic rings. The molecule has 3 nitrogen and oxygen atoms in total. The van der Waals surface area contributed by atoms with Gasteiger partial charge in [-0.25, -0.2) is 9.97 Å². The topological polar surface area (TPSA) is 29.0 Å². The van der Waals surface area contributed by atoms with E-state index in [0.717, 1.165) is 24.0 Å². The SMILES string of the molecule is CCCC1CCN(Cc2nc(C)cc(Cl)n2)C1. The van der Waals surface area contributed by atoms with E-state index in [0.29, 0.717) is 5.15 Å². The van der Waals surface area contributed by atoms with E-state index in [4.69, 9.17) is 11.6 Å². The minimum atomic E-state index is 0.553. The first-order chi connectivity index (χ1) is 8.17. The predicted octanol–water partition coefficient (Wildman–Crippen LogP) is 3.06. The van der Waals surface area contributed by atoms with Gasteiger partial charge in [-0.15, -0.1) is 0 Å². The van der Waals surface area contributed by atoms with Crippen molar-refractivity contribution in [3.63, 3.8) is 0 Å². The Morgan fingerprint density at radius 3 is 3.00 bits per heavy atom. The molecule has 0 saturated carbocycles. The zero-order chi connectivity index (χ0) is 12.3. The van der Waals surface area contributed by atoms with Gasteiger partial charge in [-0.2, -0.15) is 0 Å². The molecule has 0 bridgehead atoms. The van der Waals surface area contributed by atoms with Gasteiger partial charge >= 0.3 is 0 Å². The van der Waals surface area contributed by atoms with Gasteiger partial charge in [0.25, 0.3) is 0 Å². The summed E-state index contributed by atoms with van der Waals surface area (Å²) >= 11 is 5.94. The monoisotopic (exact) mass is 253 g/mol. The molecule has 17 heavy (non-hydrogen) atoms. The molecule has 94 valence electrons. The molecular formula is C13H20ClN3. The number of aryl methyl sites for hydroxylation is 1. The average Bonchev–Trinajstić information content (AvgIpc) is 2.64. The van der Waals surface area contributed by atoms with Crippen molar-refractivity contribution in [2.45, 2.75) is 39.7 Å². The van der Waals surface area contributed by atoms with Crippen molar-refractivity contribution in [1.29, 1.82) is 0 Å². The van der Waals surface area contributed by atoms with Gasteiger partial charge in [0, 0.05) is 12.2 Å². The summed E-state index contributed by atoms with van der Waals surface area (Å²) in [4.78, 5) is 11.1. The number of halogens is 1. The van der Waals surface area contributed by atoms with Gasteiger partial charge in [0.2, 0.25) is 0 Å². The third kappa shape index (κ3) is 3.65. The normalized spacial score (nSPS) is 21.0. The summed E-state index contributed by atoms with van der Waals surface area (Å²) in [5, 5.41) is 0.553. The van der Waals surface area contributed by atoms with Gasteiger partial charge < -0.3 is 0 Å². The first-order valence-electron chi connectivity index (χ1n) is 6.39. The average molecular weight is 254 g/mol. The summed E-state index contributed by atoms with van der Waals surface area (Å²) in [6.45, 7) is 7.40. The third-order valence-electron chi connectivity index (χ3n) is 3.30. The molecule has 1 unspecified atom stereocenters. The van der Waals surface area contributed by atoms with E-state index in [-0.39, 0.29) is 0 Å². The van der Waals surface area contributed by atoms with Crippen molar-refractivity contribution in [3.8, 4) is 0 Å². The minimum absolute atomic E-state index is 0.553. The highest BCUT2D eigenvalue weighted by Gasteiger charge is 2.22. The van der Waals surface area contributed by atoms with Crippen LogP contribution in [0.15, 0.2) is 6.07 Å². The van der Waals surface area contributed by atoms with Crippen LogP contribution in [0.5, 0.6) is 0 Å². The molecule has 1 saturated heterocycles. The zero-order valence-electron chi connectivity index (χ0n) is 10.6. The number of likely N-dealkylation sites (tertiary alicyclic amines) is 1. The van der Waals surface area contributed by atoms with Crippen molar-refractivity contribution < 1.29 is 0 Å². The standard InChI is InChI=1S/C13H20ClN3/c1-3-4-11-5-6-17(8-11)9-13-15-10(2)7-12(14)16-13/h7,11H,3-6,8-9H2,1-2H3. The lowest BCUT2D eigenvalue weighted by Crippen LogP contribution is -2.21. The molecule has 0 N–H and O–H groups in total. The van der Waals surface area contributed by atoms with E-state index < -0.39 is 0 Å². The maximum atomic E-state index is 5.94. The zero-order valence-corrected chi connectivity index (χ0v) is 11.4. The lowest BCUT2D eigenvalue weighted by molar-refractivity contribution is 0.305. The van der Waals surface area contributed by atoms with Crippen LogP contribution in [0.4, 0.5) is 0 Å². The van der Waals surface area contributed by atoms with E-state index >= 15 is 0 Å². The number of aromatic nitrogens is 2. The number of nitrogens with zero attached hydrogens (tertiary/aromatic N) is 3. The molecule has 4 heteroatoms. The number of hydrogen-bond donors (Lipinski definition) is 0. The lowest BCUT2D eigenvalue weighted by atomic mass is 10.0. The predicted molar refractivity (Wildman–Crippen MR) is 70.1 cm³/mol. The summed E-state index contributed by atoms with van der Waals surface area (Å²) in [5.74, 6) is 1.72. The largest absolute Gasteiger partial charge is 0.296 e. The second-order valence-electron chi connectivity index (χ2n) is 4.93. The smallest absolute Gasteiger partial charge is 0.144 e. The van der Waals surface area contributed by atoms with Gasteiger partial charge in [0.1, 0.15) is 11.0 Å². The molecule has 1 atom stereocenters. The van der Waals surface area contributed by atoms with Crippen molar-refractivity contribution in [2.75, 3.05) is 13.1 Å². The Kier molecular flexibility index (Phi) is 4.35. The first kappa shape index (κ1) is 12.8. The fourth-order valence-corrected chi connectivity index (χ4v) is 2.82. The van der Waals surface area contributed by atoms with Crippen LogP contribution < -0.4 is 0 Å². The second kappa shape index (κ2) is 5.78. The molecule has 1 aromatic heterocycles. The molecule has 0 aliphatic carbocycles. The van der Waals surface area contributed by atoms with Crippen molar-refractivity contribution in [2.24, 2.45) is 5.92 Å². The van der Waals surface area contributed by atoms with Gasteiger partial charge in [-0.3, -0.25) is 4.90 Å². The molecular weight excluding hydrogens is 234 g/mol. The summed E-state index contributed by atoms with van der Waals surface area (Å²) in [6, 6.07) is 1.80. The fraction of sp³-hybridized carbons (Fsp3) is 0.692. The summed E-state index contributed by atoms with van der Waals surface area (Å²) < 4.78 is 0. The lowest BCUT2D eigenvalue weighted by Gasteiger charge is -2.15. The van der Waals surface area contributed by atoms with Crippen LogP contribution in [0.2, 0.25) is 5.15 Å². The van der Waals surface area contributed by atoms with Gasteiger partial charge in [-0.1, -0.05) is 24.9 Å². The van der Waals surface area contributed by atoms with E-state index in [1.165, 1.54) is 32.4 Å². The quantitative estimate of drug-likeness (QED) is 0.773. The van der Waals surface area contributed by atoms with Crippen LogP contribution in [0.1, 0.15) is 37.7 Å². The minimum Gasteiger partial charge on any atom is -0.296 e. The summed E-state index contributed by atoms with van der Waals surface area (Å²) in [6.07, 6.45) is 3.94. The Morgan fingerprint density at radius 1 is 1.47 bits per heavy atom. The molecule has 2 heterocycles. The van der Waals surface area contributed by atoms with E-state index in [1.807, 2.05) is 6.92 Å². The van der Waals surface area contributed by atoms with Gasteiger partial charge in [-0.05, 0) is 38.3 Å². The molecule has 1 aromatic rings. The van der Waals surface area contributed by atoms with Gasteiger partial charge in [0.05, 0.1) is 6.54 Å². The van der Waals surface area contributed by atoms with Crippen LogP contribution in [-0.2, 0) is 6.54 Å². The highest BCUT2D eigenvalue weighted by Crippen LogP contribution is 2.22. The van der Waals surface area contributed by atoms with E-state index in [2.05, 4.69) is 21.8 Å². The first-order valence-corrected chi connectivity index (χ1v) is 6.77. The van der Waals surface area contributed by atoms with Crippen molar-refractivity contribution >= 4 is 11.6 Å². The van der Waals surface area contributed by atoms with Crippen LogP contribution in [-0.4, -0.2) is 28.0 Å². The Balaban J connectivity index is 1.93. The highest BCUT2D eigenvalue weighted by molar-refractivity contribution is 6.29. The Bertz CT molecular complexity index is 361. The number of hydrogen-bond acceptors (Lipinski definition) is 3. The van der Waals surface area contributed by atoms with E-state index in [9.17, 15) is 0 Å². The molecule has 0 amide bonds. The van der Waals surface area contributed by atoms with Crippen molar-refractivity contribution in [1.82, 2.24) is 14.9 Å². The van der Waals surface area contributed by atoms with Crippen LogP contribution in [0.3, 0.4) is 0 Å². The molecule has 0 radical (unpaired) electrons. The van der Waals surface area contributed by atoms with Crippen LogP contribution in [0, 0.1) is 12.8 Å². The van der Waals surface area contributed by atoms with Gasteiger partial charge in [0.15, 0.2) is 0 Å². The van der Waals surface area contributed by atoms with E-state index in [1.54, 1.807) is 6.07 Å². The van der Waals surface area contributed by atoms with Crippen LogP contribution >= 0.6 is 11.6 Å². The van der Waals surface area contributed by atoms with Crippen molar-refractivity contribution in [3.05, 3.63) is 22.7 Å². The Labute approximate surface area is 108 Å². The maximum absolute atomic E-state index is 5.94. The molecule has 1 fully saturated rings. The molecule has 0 spiro atoms. The fourth-order valence-electron chi connectivity index (χ4n) is 2.56. The summed E-state index contributed by atoms with van der Waals surface area (Å²) in [7, 11) is 0. The highest BCUT2D eigenvalue weighted by atomic mass is 35.5. The molecule has 0 aromatic carbocycles. The third-order valence-corrected chi connectivity index (χ3v) is 3.49.